The van der Waals surface area contributed by atoms with Crippen molar-refractivity contribution >= 4 is 17.6 Å². The molecule has 1 fully saturated rings. The Morgan fingerprint density at radius 3 is 2.68 bits per heavy atom. The smallest absolute Gasteiger partial charge is 0.245 e. The van der Waals surface area contributed by atoms with Gasteiger partial charge in [0.2, 0.25) is 11.8 Å². The molecule has 1 aromatic carbocycles. The summed E-state index contributed by atoms with van der Waals surface area (Å²) in [5.74, 6) is 0.195. The first-order chi connectivity index (χ1) is 13.2. The van der Waals surface area contributed by atoms with Gasteiger partial charge in [-0.15, -0.1) is 0 Å². The summed E-state index contributed by atoms with van der Waals surface area (Å²) in [5, 5.41) is 7.79. The summed E-state index contributed by atoms with van der Waals surface area (Å²) in [5.41, 5.74) is 2.78. The van der Waals surface area contributed by atoms with Crippen molar-refractivity contribution in [2.75, 3.05) is 18.4 Å². The average Bonchev–Trinajstić information content (AvgIpc) is 3.28. The summed E-state index contributed by atoms with van der Waals surface area (Å²) >= 11 is 0. The molecule has 3 rings (SSSR count). The highest BCUT2D eigenvalue weighted by Gasteiger charge is 2.31. The van der Waals surface area contributed by atoms with E-state index in [0.29, 0.717) is 25.3 Å². The first-order valence-electron chi connectivity index (χ1n) is 9.59. The number of rotatable bonds is 4. The molecule has 1 N–H and O–H groups in total. The van der Waals surface area contributed by atoms with Crippen LogP contribution in [-0.4, -0.2) is 39.6 Å². The van der Waals surface area contributed by atoms with Crippen molar-refractivity contribution in [1.29, 1.82) is 0 Å². The van der Waals surface area contributed by atoms with Crippen molar-refractivity contribution in [1.82, 2.24) is 14.7 Å². The largest absolute Gasteiger partial charge is 0.338 e. The van der Waals surface area contributed by atoms with Crippen LogP contribution in [0.25, 0.3) is 5.69 Å². The lowest BCUT2D eigenvalue weighted by atomic mass is 9.92. The second kappa shape index (κ2) is 7.62. The van der Waals surface area contributed by atoms with Gasteiger partial charge in [-0.05, 0) is 37.1 Å². The molecular weight excluding hydrogens is 352 g/mol. The highest BCUT2D eigenvalue weighted by atomic mass is 16.2. The van der Waals surface area contributed by atoms with Gasteiger partial charge in [0, 0.05) is 24.6 Å². The van der Waals surface area contributed by atoms with Gasteiger partial charge in [-0.1, -0.05) is 39.5 Å². The number of carbonyl (C=O) groups is 2. The van der Waals surface area contributed by atoms with E-state index in [0.717, 1.165) is 16.9 Å². The lowest BCUT2D eigenvalue weighted by Gasteiger charge is -2.15. The van der Waals surface area contributed by atoms with Gasteiger partial charge in [0.1, 0.15) is 5.82 Å². The number of aryl methyl sites for hydroxylation is 1. The topological polar surface area (TPSA) is 67.2 Å². The fourth-order valence-corrected chi connectivity index (χ4v) is 3.33. The molecule has 1 atom stereocenters. The number of hydrogen-bond acceptors (Lipinski definition) is 3. The Hall–Kier alpha value is -2.89. The van der Waals surface area contributed by atoms with Crippen molar-refractivity contribution in [2.45, 2.75) is 39.5 Å². The van der Waals surface area contributed by atoms with Gasteiger partial charge in [-0.3, -0.25) is 9.59 Å². The van der Waals surface area contributed by atoms with E-state index in [9.17, 15) is 9.59 Å². The predicted molar refractivity (Wildman–Crippen MR) is 111 cm³/mol. The third-order valence-electron chi connectivity index (χ3n) is 5.02. The molecule has 1 aliphatic rings. The summed E-state index contributed by atoms with van der Waals surface area (Å²) in [4.78, 5) is 26.3. The van der Waals surface area contributed by atoms with Crippen molar-refractivity contribution in [3.8, 4) is 5.69 Å². The third kappa shape index (κ3) is 4.16. The van der Waals surface area contributed by atoms with Crippen LogP contribution in [0, 0.1) is 12.8 Å². The van der Waals surface area contributed by atoms with Crippen LogP contribution in [0.2, 0.25) is 0 Å². The highest BCUT2D eigenvalue weighted by molar-refractivity contribution is 5.94. The van der Waals surface area contributed by atoms with Crippen LogP contribution < -0.4 is 5.32 Å². The van der Waals surface area contributed by atoms with Gasteiger partial charge in [0.15, 0.2) is 0 Å². The molecule has 0 aliphatic carbocycles. The summed E-state index contributed by atoms with van der Waals surface area (Å²) < 4.78 is 1.78. The Morgan fingerprint density at radius 1 is 1.29 bits per heavy atom. The zero-order chi connectivity index (χ0) is 20.5. The Labute approximate surface area is 166 Å². The van der Waals surface area contributed by atoms with E-state index < -0.39 is 0 Å². The SMILES string of the molecule is C=CC(=O)N1CCC(C(=O)Nc2cc(C(C)(C)C)nn2-c2cccc(C)c2)C1. The van der Waals surface area contributed by atoms with Crippen LogP contribution in [0.5, 0.6) is 0 Å². The zero-order valence-electron chi connectivity index (χ0n) is 17.0. The van der Waals surface area contributed by atoms with Crippen molar-refractivity contribution in [3.63, 3.8) is 0 Å². The van der Waals surface area contributed by atoms with E-state index in [4.69, 9.17) is 5.10 Å². The van der Waals surface area contributed by atoms with Gasteiger partial charge >= 0.3 is 0 Å². The van der Waals surface area contributed by atoms with Crippen molar-refractivity contribution < 1.29 is 9.59 Å². The third-order valence-corrected chi connectivity index (χ3v) is 5.02. The van der Waals surface area contributed by atoms with Crippen molar-refractivity contribution in [3.05, 3.63) is 54.2 Å². The molecule has 0 spiro atoms. The van der Waals surface area contributed by atoms with E-state index in [1.807, 2.05) is 37.3 Å². The van der Waals surface area contributed by atoms with Crippen LogP contribution in [-0.2, 0) is 15.0 Å². The highest BCUT2D eigenvalue weighted by Crippen LogP contribution is 2.27. The van der Waals surface area contributed by atoms with Gasteiger partial charge in [0.25, 0.3) is 0 Å². The summed E-state index contributed by atoms with van der Waals surface area (Å²) in [6, 6.07) is 9.95. The second-order valence-electron chi connectivity index (χ2n) is 8.38. The Balaban J connectivity index is 1.87. The molecule has 2 amide bonds. The molecule has 0 saturated carbocycles. The van der Waals surface area contributed by atoms with Crippen LogP contribution in [0.3, 0.4) is 0 Å². The molecule has 28 heavy (non-hydrogen) atoms. The number of hydrogen-bond donors (Lipinski definition) is 1. The number of benzene rings is 1. The van der Waals surface area contributed by atoms with Gasteiger partial charge in [-0.25, -0.2) is 4.68 Å². The molecular formula is C22H28N4O2. The molecule has 0 radical (unpaired) electrons. The monoisotopic (exact) mass is 380 g/mol. The summed E-state index contributed by atoms with van der Waals surface area (Å²) in [7, 11) is 0. The van der Waals surface area contributed by atoms with Crippen LogP contribution in [0.1, 0.15) is 38.4 Å². The summed E-state index contributed by atoms with van der Waals surface area (Å²) in [6.45, 7) is 12.8. The maximum atomic E-state index is 12.9. The van der Waals surface area contributed by atoms with Gasteiger partial charge < -0.3 is 10.2 Å². The van der Waals surface area contributed by atoms with E-state index in [-0.39, 0.29) is 23.1 Å². The molecule has 6 heteroatoms. The molecule has 1 aromatic heterocycles. The maximum Gasteiger partial charge on any atom is 0.245 e. The maximum absolute atomic E-state index is 12.9. The first kappa shape index (κ1) is 19.9. The second-order valence-corrected chi connectivity index (χ2v) is 8.38. The number of likely N-dealkylation sites (tertiary alicyclic amines) is 1. The Bertz CT molecular complexity index is 908. The van der Waals surface area contributed by atoms with Crippen LogP contribution >= 0.6 is 0 Å². The quantitative estimate of drug-likeness (QED) is 0.826. The van der Waals surface area contributed by atoms with E-state index in [2.05, 4.69) is 32.7 Å². The molecule has 2 aromatic rings. The molecule has 2 heterocycles. The Morgan fingerprint density at radius 2 is 2.04 bits per heavy atom. The van der Waals surface area contributed by atoms with E-state index in [1.165, 1.54) is 6.08 Å². The number of nitrogens with one attached hydrogen (secondary N) is 1. The number of amides is 2. The number of carbonyl (C=O) groups excluding carboxylic acids is 2. The van der Waals surface area contributed by atoms with Gasteiger partial charge in [-0.2, -0.15) is 5.10 Å². The van der Waals surface area contributed by atoms with Crippen LogP contribution in [0.15, 0.2) is 43.0 Å². The Kier molecular flexibility index (Phi) is 5.40. The number of nitrogens with zero attached hydrogens (tertiary/aromatic N) is 3. The fraction of sp³-hybridized carbons (Fsp3) is 0.409. The van der Waals surface area contributed by atoms with Gasteiger partial charge in [0.05, 0.1) is 17.3 Å². The molecule has 148 valence electrons. The van der Waals surface area contributed by atoms with Crippen LogP contribution in [0.4, 0.5) is 5.82 Å². The molecule has 0 bridgehead atoms. The standard InChI is InChI=1S/C22H28N4O2/c1-6-20(27)25-11-10-16(14-25)21(28)23-19-13-18(22(3,4)5)24-26(19)17-9-7-8-15(2)12-17/h6-9,12-13,16H,1,10-11,14H2,2-5H3,(H,23,28). The zero-order valence-corrected chi connectivity index (χ0v) is 17.0. The minimum atomic E-state index is -0.233. The average molecular weight is 380 g/mol. The fourth-order valence-electron chi connectivity index (χ4n) is 3.33. The van der Waals surface area contributed by atoms with E-state index >= 15 is 0 Å². The van der Waals surface area contributed by atoms with E-state index in [1.54, 1.807) is 9.58 Å². The summed E-state index contributed by atoms with van der Waals surface area (Å²) in [6.07, 6.45) is 1.94. The minimum Gasteiger partial charge on any atom is -0.338 e. The normalized spacial score (nSPS) is 16.9. The lowest BCUT2D eigenvalue weighted by Crippen LogP contribution is -2.30. The molecule has 1 saturated heterocycles. The first-order valence-corrected chi connectivity index (χ1v) is 9.59. The number of aromatic nitrogens is 2. The molecule has 1 aliphatic heterocycles. The minimum absolute atomic E-state index is 0.0892. The lowest BCUT2D eigenvalue weighted by molar-refractivity contribution is -0.125. The number of anilines is 1. The molecule has 6 nitrogen and oxygen atoms in total. The van der Waals surface area contributed by atoms with Crippen molar-refractivity contribution in [2.24, 2.45) is 5.92 Å². The predicted octanol–water partition coefficient (Wildman–Crippen LogP) is 3.45. The molecule has 1 unspecified atom stereocenters.